The number of hydrogen-bond donors (Lipinski definition) is 2. The first-order chi connectivity index (χ1) is 13.2. The Labute approximate surface area is 158 Å². The summed E-state index contributed by atoms with van der Waals surface area (Å²) in [6.45, 7) is 2.64. The van der Waals surface area contributed by atoms with Gasteiger partial charge < -0.3 is 20.5 Å². The van der Waals surface area contributed by atoms with Gasteiger partial charge in [0.15, 0.2) is 0 Å². The van der Waals surface area contributed by atoms with Gasteiger partial charge in [-0.05, 0) is 48.7 Å². The van der Waals surface area contributed by atoms with E-state index in [1.54, 1.807) is 7.11 Å². The summed E-state index contributed by atoms with van der Waals surface area (Å²) < 4.78 is 12.7. The number of rotatable bonds is 5. The lowest BCUT2D eigenvalue weighted by Crippen LogP contribution is -2.28. The number of methoxy groups -OCH3 is 1. The zero-order valence-electron chi connectivity index (χ0n) is 15.4. The van der Waals surface area contributed by atoms with Crippen LogP contribution in [0, 0.1) is 0 Å². The standard InChI is InChI=1S/C20H23N5O2/c1-3-27-16-10-4-13(5-11-16)17-12-18(14-6-8-15(26-2)9-7-14)25-20(22-17)23-19(21)24-25/h4-11,17-18H,3,12H2,1-2H3,(H3,21,22,23,24)/t17-,18+/m1/s1. The molecule has 7 nitrogen and oxygen atoms in total. The third kappa shape index (κ3) is 3.40. The van der Waals surface area contributed by atoms with Crippen LogP contribution in [0.5, 0.6) is 11.5 Å². The highest BCUT2D eigenvalue weighted by Gasteiger charge is 2.30. The number of nitrogens with two attached hydrogens (primary N) is 1. The van der Waals surface area contributed by atoms with Gasteiger partial charge in [-0.1, -0.05) is 24.3 Å². The molecule has 4 rings (SSSR count). The largest absolute Gasteiger partial charge is 0.497 e. The quantitative estimate of drug-likeness (QED) is 0.720. The smallest absolute Gasteiger partial charge is 0.241 e. The van der Waals surface area contributed by atoms with Crippen molar-refractivity contribution in [2.45, 2.75) is 25.4 Å². The van der Waals surface area contributed by atoms with E-state index in [1.165, 1.54) is 5.56 Å². The second-order valence-corrected chi connectivity index (χ2v) is 6.46. The molecule has 0 bridgehead atoms. The molecule has 7 heteroatoms. The number of nitrogen functional groups attached to an aromatic ring is 1. The second kappa shape index (κ2) is 7.19. The highest BCUT2D eigenvalue weighted by atomic mass is 16.5. The molecule has 0 aliphatic carbocycles. The van der Waals surface area contributed by atoms with E-state index in [0.29, 0.717) is 12.6 Å². The number of hydrogen-bond acceptors (Lipinski definition) is 6. The van der Waals surface area contributed by atoms with Crippen LogP contribution in [0.1, 0.15) is 36.6 Å². The molecule has 2 aromatic carbocycles. The van der Waals surface area contributed by atoms with Crippen LogP contribution in [0.15, 0.2) is 48.5 Å². The summed E-state index contributed by atoms with van der Waals surface area (Å²) >= 11 is 0. The zero-order valence-corrected chi connectivity index (χ0v) is 15.4. The topological polar surface area (TPSA) is 87.2 Å². The van der Waals surface area contributed by atoms with Crippen LogP contribution in [0.4, 0.5) is 11.9 Å². The van der Waals surface area contributed by atoms with Gasteiger partial charge in [0.1, 0.15) is 11.5 Å². The summed E-state index contributed by atoms with van der Waals surface area (Å²) in [6.07, 6.45) is 0.829. The molecular formula is C20H23N5O2. The first-order valence-electron chi connectivity index (χ1n) is 9.03. The lowest BCUT2D eigenvalue weighted by Gasteiger charge is -2.31. The Kier molecular flexibility index (Phi) is 4.58. The first kappa shape index (κ1) is 17.2. The van der Waals surface area contributed by atoms with Crippen LogP contribution >= 0.6 is 0 Å². The maximum atomic E-state index is 5.86. The molecule has 1 aromatic heterocycles. The Morgan fingerprint density at radius 3 is 2.41 bits per heavy atom. The third-order valence-corrected chi connectivity index (χ3v) is 4.80. The number of benzene rings is 2. The first-order valence-corrected chi connectivity index (χ1v) is 9.03. The Hall–Kier alpha value is -3.22. The van der Waals surface area contributed by atoms with Crippen molar-refractivity contribution in [2.75, 3.05) is 24.8 Å². The normalized spacial score (nSPS) is 18.4. The molecule has 0 fully saturated rings. The van der Waals surface area contributed by atoms with Crippen LogP contribution in [-0.4, -0.2) is 28.5 Å². The predicted molar refractivity (Wildman–Crippen MR) is 104 cm³/mol. The molecule has 0 saturated carbocycles. The van der Waals surface area contributed by atoms with Crippen molar-refractivity contribution >= 4 is 11.9 Å². The molecule has 0 radical (unpaired) electrons. The van der Waals surface area contributed by atoms with Crippen molar-refractivity contribution in [3.8, 4) is 11.5 Å². The van der Waals surface area contributed by atoms with E-state index in [4.69, 9.17) is 15.2 Å². The average molecular weight is 365 g/mol. The Morgan fingerprint density at radius 2 is 1.74 bits per heavy atom. The number of aromatic nitrogens is 3. The fourth-order valence-corrected chi connectivity index (χ4v) is 3.48. The minimum atomic E-state index is 0.0357. The number of nitrogens with one attached hydrogen (secondary N) is 1. The summed E-state index contributed by atoms with van der Waals surface area (Å²) in [4.78, 5) is 4.35. The third-order valence-electron chi connectivity index (χ3n) is 4.80. The van der Waals surface area contributed by atoms with E-state index < -0.39 is 0 Å². The summed E-state index contributed by atoms with van der Waals surface area (Å²) in [5.41, 5.74) is 8.17. The lowest BCUT2D eigenvalue weighted by atomic mass is 9.93. The maximum absolute atomic E-state index is 5.86. The van der Waals surface area contributed by atoms with Crippen molar-refractivity contribution in [3.05, 3.63) is 59.7 Å². The van der Waals surface area contributed by atoms with Gasteiger partial charge in [-0.3, -0.25) is 0 Å². The summed E-state index contributed by atoms with van der Waals surface area (Å²) in [6, 6.07) is 16.3. The van der Waals surface area contributed by atoms with Gasteiger partial charge in [-0.25, -0.2) is 4.68 Å². The fraction of sp³-hybridized carbons (Fsp3) is 0.300. The highest BCUT2D eigenvalue weighted by molar-refractivity contribution is 5.43. The van der Waals surface area contributed by atoms with Gasteiger partial charge in [0.05, 0.1) is 25.8 Å². The Bertz CT molecular complexity index is 905. The molecular weight excluding hydrogens is 342 g/mol. The van der Waals surface area contributed by atoms with Crippen LogP contribution in [-0.2, 0) is 0 Å². The molecule has 27 heavy (non-hydrogen) atoms. The molecule has 140 valence electrons. The SMILES string of the molecule is CCOc1ccc([C@H]2C[C@@H](c3ccc(OC)cc3)n3nc(N)nc3N2)cc1. The number of fused-ring (bicyclic) bond motifs is 1. The van der Waals surface area contributed by atoms with Crippen molar-refractivity contribution < 1.29 is 9.47 Å². The molecule has 0 saturated heterocycles. The van der Waals surface area contributed by atoms with Crippen molar-refractivity contribution in [2.24, 2.45) is 0 Å². The molecule has 0 amide bonds. The maximum Gasteiger partial charge on any atom is 0.241 e. The van der Waals surface area contributed by atoms with Crippen LogP contribution in [0.3, 0.4) is 0 Å². The van der Waals surface area contributed by atoms with E-state index in [-0.39, 0.29) is 18.0 Å². The van der Waals surface area contributed by atoms with Crippen molar-refractivity contribution in [1.82, 2.24) is 14.8 Å². The van der Waals surface area contributed by atoms with E-state index in [2.05, 4.69) is 39.7 Å². The van der Waals surface area contributed by atoms with Gasteiger partial charge in [0.2, 0.25) is 11.9 Å². The molecule has 1 aliphatic heterocycles. The van der Waals surface area contributed by atoms with Crippen LogP contribution in [0.25, 0.3) is 0 Å². The predicted octanol–water partition coefficient (Wildman–Crippen LogP) is 3.41. The highest BCUT2D eigenvalue weighted by Crippen LogP contribution is 2.38. The van der Waals surface area contributed by atoms with E-state index in [9.17, 15) is 0 Å². The van der Waals surface area contributed by atoms with Gasteiger partial charge in [0, 0.05) is 0 Å². The van der Waals surface area contributed by atoms with Crippen LogP contribution in [0.2, 0.25) is 0 Å². The van der Waals surface area contributed by atoms with Gasteiger partial charge in [0.25, 0.3) is 0 Å². The number of nitrogens with zero attached hydrogens (tertiary/aromatic N) is 3. The fourth-order valence-electron chi connectivity index (χ4n) is 3.48. The molecule has 3 aromatic rings. The lowest BCUT2D eigenvalue weighted by molar-refractivity contribution is 0.340. The second-order valence-electron chi connectivity index (χ2n) is 6.46. The monoisotopic (exact) mass is 365 g/mol. The minimum absolute atomic E-state index is 0.0357. The number of anilines is 2. The molecule has 2 atom stereocenters. The van der Waals surface area contributed by atoms with Crippen molar-refractivity contribution in [1.29, 1.82) is 0 Å². The Balaban J connectivity index is 1.66. The van der Waals surface area contributed by atoms with Crippen LogP contribution < -0.4 is 20.5 Å². The molecule has 0 unspecified atom stereocenters. The summed E-state index contributed by atoms with van der Waals surface area (Å²) in [7, 11) is 1.66. The minimum Gasteiger partial charge on any atom is -0.497 e. The zero-order chi connectivity index (χ0) is 18.8. The van der Waals surface area contributed by atoms with Gasteiger partial charge >= 0.3 is 0 Å². The van der Waals surface area contributed by atoms with Crippen molar-refractivity contribution in [3.63, 3.8) is 0 Å². The molecule has 0 spiro atoms. The molecule has 3 N–H and O–H groups in total. The van der Waals surface area contributed by atoms with E-state index >= 15 is 0 Å². The summed E-state index contributed by atoms with van der Waals surface area (Å²) in [5.74, 6) is 2.65. The summed E-state index contributed by atoms with van der Waals surface area (Å²) in [5, 5.41) is 7.84. The molecule has 2 heterocycles. The number of ether oxygens (including phenoxy) is 2. The molecule has 1 aliphatic rings. The van der Waals surface area contributed by atoms with E-state index in [1.807, 2.05) is 35.9 Å². The average Bonchev–Trinajstić information content (AvgIpc) is 3.08. The Morgan fingerprint density at radius 1 is 1.07 bits per heavy atom. The van der Waals surface area contributed by atoms with Gasteiger partial charge in [-0.2, -0.15) is 4.98 Å². The van der Waals surface area contributed by atoms with E-state index in [0.717, 1.165) is 23.5 Å². The van der Waals surface area contributed by atoms with Gasteiger partial charge in [-0.15, -0.1) is 5.10 Å².